The highest BCUT2D eigenvalue weighted by Gasteiger charge is 2.32. The van der Waals surface area contributed by atoms with Gasteiger partial charge in [-0.15, -0.1) is 11.8 Å². The molecule has 0 aromatic heterocycles. The van der Waals surface area contributed by atoms with Crippen LogP contribution in [0.3, 0.4) is 0 Å². The van der Waals surface area contributed by atoms with Crippen molar-refractivity contribution in [3.05, 3.63) is 95.1 Å². The second-order valence-electron chi connectivity index (χ2n) is 8.42. The van der Waals surface area contributed by atoms with Gasteiger partial charge in [-0.05, 0) is 54.3 Å². The fraction of sp³-hybridized carbons (Fsp3) is 0.286. The number of rotatable bonds is 9. The molecule has 1 fully saturated rings. The van der Waals surface area contributed by atoms with Crippen LogP contribution < -0.4 is 14.8 Å². The maximum Gasteiger partial charge on any atom is 0.251 e. The van der Waals surface area contributed by atoms with Crippen LogP contribution in [0.15, 0.2) is 72.8 Å². The summed E-state index contributed by atoms with van der Waals surface area (Å²) in [4.78, 5) is 27.3. The molecule has 0 bridgehead atoms. The minimum atomic E-state index is -0.210. The van der Waals surface area contributed by atoms with E-state index in [0.29, 0.717) is 29.4 Å². The molecule has 4 rings (SSSR count). The lowest BCUT2D eigenvalue weighted by Gasteiger charge is -2.24. The van der Waals surface area contributed by atoms with Crippen LogP contribution in [0.25, 0.3) is 0 Å². The predicted molar refractivity (Wildman–Crippen MR) is 139 cm³/mol. The van der Waals surface area contributed by atoms with Crippen LogP contribution in [-0.4, -0.2) is 43.2 Å². The molecule has 0 radical (unpaired) electrons. The minimum Gasteiger partial charge on any atom is -0.493 e. The maximum atomic E-state index is 12.9. The van der Waals surface area contributed by atoms with Crippen LogP contribution >= 0.6 is 11.8 Å². The molecular weight excluding hydrogens is 460 g/mol. The molecular formula is C28H30N2O4S. The third-order valence-corrected chi connectivity index (χ3v) is 7.42. The molecule has 3 aromatic carbocycles. The lowest BCUT2D eigenvalue weighted by atomic mass is 10.1. The normalized spacial score (nSPS) is 16.1. The Morgan fingerprint density at radius 3 is 2.43 bits per heavy atom. The van der Waals surface area contributed by atoms with Crippen molar-refractivity contribution in [2.75, 3.05) is 26.5 Å². The Labute approximate surface area is 210 Å². The van der Waals surface area contributed by atoms with E-state index in [2.05, 4.69) is 17.4 Å². The molecule has 0 aliphatic carbocycles. The highest BCUT2D eigenvalue weighted by atomic mass is 32.2. The minimum absolute atomic E-state index is 0.0333. The fourth-order valence-corrected chi connectivity index (χ4v) is 5.37. The Hall–Kier alpha value is -3.45. The highest BCUT2D eigenvalue weighted by Crippen LogP contribution is 2.38. The van der Waals surface area contributed by atoms with E-state index in [1.54, 1.807) is 26.0 Å². The number of carbonyl (C=O) groups excluding carboxylic acids is 2. The van der Waals surface area contributed by atoms with Crippen molar-refractivity contribution in [2.24, 2.45) is 0 Å². The molecule has 3 aromatic rings. The Balaban J connectivity index is 1.40. The van der Waals surface area contributed by atoms with Gasteiger partial charge < -0.3 is 19.7 Å². The molecule has 35 heavy (non-hydrogen) atoms. The SMILES string of the molecule is COc1ccc([C@@H](C)NC(=O)c2ccc([C@H]3SCC(=O)N3CCc3ccccc3)cc2)cc1OC. The molecule has 0 saturated carbocycles. The number of nitrogens with one attached hydrogen (secondary N) is 1. The summed E-state index contributed by atoms with van der Waals surface area (Å²) in [7, 11) is 3.18. The van der Waals surface area contributed by atoms with Crippen LogP contribution in [0.2, 0.25) is 0 Å². The molecule has 7 heteroatoms. The van der Waals surface area contributed by atoms with Gasteiger partial charge in [0.05, 0.1) is 26.0 Å². The molecule has 0 spiro atoms. The third-order valence-electron chi connectivity index (χ3n) is 6.17. The number of amides is 2. The summed E-state index contributed by atoms with van der Waals surface area (Å²) in [6.45, 7) is 2.60. The molecule has 1 heterocycles. The van der Waals surface area contributed by atoms with Gasteiger partial charge in [-0.3, -0.25) is 9.59 Å². The number of thioether (sulfide) groups is 1. The van der Waals surface area contributed by atoms with Crippen molar-refractivity contribution in [3.63, 3.8) is 0 Å². The number of hydrogen-bond acceptors (Lipinski definition) is 5. The molecule has 0 unspecified atom stereocenters. The van der Waals surface area contributed by atoms with Gasteiger partial charge in [-0.2, -0.15) is 0 Å². The number of methoxy groups -OCH3 is 2. The van der Waals surface area contributed by atoms with E-state index in [1.807, 2.05) is 72.5 Å². The summed E-state index contributed by atoms with van der Waals surface area (Å²) >= 11 is 1.63. The van der Waals surface area contributed by atoms with Gasteiger partial charge in [0.25, 0.3) is 5.91 Å². The average Bonchev–Trinajstić information content (AvgIpc) is 3.27. The summed E-state index contributed by atoms with van der Waals surface area (Å²) in [6.07, 6.45) is 0.818. The van der Waals surface area contributed by atoms with E-state index < -0.39 is 0 Å². The zero-order valence-corrected chi connectivity index (χ0v) is 21.0. The van der Waals surface area contributed by atoms with Crippen molar-refractivity contribution < 1.29 is 19.1 Å². The summed E-state index contributed by atoms with van der Waals surface area (Å²) in [5.41, 5.74) is 3.73. The van der Waals surface area contributed by atoms with E-state index in [0.717, 1.165) is 17.5 Å². The standard InChI is InChI=1S/C28H30N2O4S/c1-19(23-13-14-24(33-2)25(17-23)34-3)29-27(32)21-9-11-22(12-10-21)28-30(26(31)18-35-28)16-15-20-7-5-4-6-8-20/h4-14,17,19,28H,15-16,18H2,1-3H3,(H,29,32)/t19-,28-/m1/s1. The summed E-state index contributed by atoms with van der Waals surface area (Å²) < 4.78 is 10.7. The molecule has 1 aliphatic rings. The first kappa shape index (κ1) is 24.7. The van der Waals surface area contributed by atoms with Gasteiger partial charge in [0.1, 0.15) is 5.37 Å². The third kappa shape index (κ3) is 5.80. The molecule has 1 aliphatic heterocycles. The zero-order valence-electron chi connectivity index (χ0n) is 20.2. The maximum absolute atomic E-state index is 12.9. The van der Waals surface area contributed by atoms with Gasteiger partial charge in [-0.1, -0.05) is 48.5 Å². The first-order chi connectivity index (χ1) is 17.0. The monoisotopic (exact) mass is 490 g/mol. The average molecular weight is 491 g/mol. The largest absolute Gasteiger partial charge is 0.493 e. The van der Waals surface area contributed by atoms with Gasteiger partial charge in [0.2, 0.25) is 5.91 Å². The summed E-state index contributed by atoms with van der Waals surface area (Å²) in [5.74, 6) is 1.74. The van der Waals surface area contributed by atoms with Crippen molar-refractivity contribution in [1.29, 1.82) is 0 Å². The lowest BCUT2D eigenvalue weighted by Crippen LogP contribution is -2.30. The van der Waals surface area contributed by atoms with Gasteiger partial charge in [0.15, 0.2) is 11.5 Å². The number of nitrogens with zero attached hydrogens (tertiary/aromatic N) is 1. The van der Waals surface area contributed by atoms with E-state index in [4.69, 9.17) is 9.47 Å². The topological polar surface area (TPSA) is 67.9 Å². The summed E-state index contributed by atoms with van der Waals surface area (Å²) in [6, 6.07) is 23.1. The molecule has 6 nitrogen and oxygen atoms in total. The van der Waals surface area contributed by atoms with Crippen molar-refractivity contribution in [1.82, 2.24) is 10.2 Å². The highest BCUT2D eigenvalue weighted by molar-refractivity contribution is 8.00. The molecule has 1 N–H and O–H groups in total. The fourth-order valence-electron chi connectivity index (χ4n) is 4.15. The van der Waals surface area contributed by atoms with Crippen LogP contribution in [0, 0.1) is 0 Å². The number of benzene rings is 3. The Morgan fingerprint density at radius 1 is 1.03 bits per heavy atom. The first-order valence-electron chi connectivity index (χ1n) is 11.6. The van der Waals surface area contributed by atoms with Gasteiger partial charge >= 0.3 is 0 Å². The summed E-state index contributed by atoms with van der Waals surface area (Å²) in [5, 5.41) is 3.01. The Morgan fingerprint density at radius 2 is 1.74 bits per heavy atom. The molecule has 1 saturated heterocycles. The number of carbonyl (C=O) groups is 2. The van der Waals surface area contributed by atoms with Crippen molar-refractivity contribution >= 4 is 23.6 Å². The van der Waals surface area contributed by atoms with Crippen LogP contribution in [0.5, 0.6) is 11.5 Å². The van der Waals surface area contributed by atoms with E-state index >= 15 is 0 Å². The first-order valence-corrected chi connectivity index (χ1v) is 12.6. The van der Waals surface area contributed by atoms with Gasteiger partial charge in [-0.25, -0.2) is 0 Å². The Kier molecular flexibility index (Phi) is 7.98. The zero-order chi connectivity index (χ0) is 24.8. The molecule has 2 atom stereocenters. The van der Waals surface area contributed by atoms with E-state index in [9.17, 15) is 9.59 Å². The van der Waals surface area contributed by atoms with E-state index in [1.165, 1.54) is 5.56 Å². The number of hydrogen-bond donors (Lipinski definition) is 1. The quantitative estimate of drug-likeness (QED) is 0.457. The van der Waals surface area contributed by atoms with Crippen LogP contribution in [0.4, 0.5) is 0 Å². The molecule has 2 amide bonds. The van der Waals surface area contributed by atoms with Gasteiger partial charge in [0, 0.05) is 12.1 Å². The lowest BCUT2D eigenvalue weighted by molar-refractivity contribution is -0.128. The number of ether oxygens (including phenoxy) is 2. The molecule has 182 valence electrons. The smallest absolute Gasteiger partial charge is 0.251 e. The Bertz CT molecular complexity index is 1170. The second kappa shape index (κ2) is 11.3. The van der Waals surface area contributed by atoms with Crippen molar-refractivity contribution in [2.45, 2.75) is 24.8 Å². The van der Waals surface area contributed by atoms with Crippen LogP contribution in [0.1, 0.15) is 45.4 Å². The second-order valence-corrected chi connectivity index (χ2v) is 9.49. The predicted octanol–water partition coefficient (Wildman–Crippen LogP) is 5.01. The van der Waals surface area contributed by atoms with E-state index in [-0.39, 0.29) is 23.2 Å². The van der Waals surface area contributed by atoms with Crippen molar-refractivity contribution in [3.8, 4) is 11.5 Å². The van der Waals surface area contributed by atoms with Crippen LogP contribution in [-0.2, 0) is 11.2 Å².